The number of nitrogens with zero attached hydrogens (tertiary/aromatic N) is 2. The van der Waals surface area contributed by atoms with E-state index in [-0.39, 0.29) is 11.8 Å². The summed E-state index contributed by atoms with van der Waals surface area (Å²) in [6.07, 6.45) is 3.63. The summed E-state index contributed by atoms with van der Waals surface area (Å²) in [6, 6.07) is 12.3. The Labute approximate surface area is 149 Å². The third-order valence-electron chi connectivity index (χ3n) is 3.61. The molecule has 2 heterocycles. The Morgan fingerprint density at radius 1 is 1.20 bits per heavy atom. The molecule has 1 aromatic carbocycles. The maximum Gasteiger partial charge on any atom is 0.261 e. The number of carbonyl (C=O) groups is 2. The maximum absolute atomic E-state index is 12.2. The number of thiophene rings is 1. The highest BCUT2D eigenvalue weighted by molar-refractivity contribution is 7.12. The molecule has 6 nitrogen and oxygen atoms in total. The van der Waals surface area contributed by atoms with Crippen LogP contribution in [0, 0.1) is 0 Å². The van der Waals surface area contributed by atoms with Gasteiger partial charge < -0.3 is 10.6 Å². The molecule has 1 unspecified atom stereocenters. The predicted molar refractivity (Wildman–Crippen MR) is 97.6 cm³/mol. The van der Waals surface area contributed by atoms with Crippen LogP contribution in [0.15, 0.2) is 60.2 Å². The normalized spacial score (nSPS) is 11.7. The van der Waals surface area contributed by atoms with E-state index in [2.05, 4.69) is 15.7 Å². The standard InChI is InChI=1S/C18H18N4O2S/c1-13(20-18(24)16-4-2-11-25-16)17(23)21-15-7-5-14(6-8-15)12-22-10-3-9-19-22/h2-11,13H,12H2,1H3,(H,20,24)(H,21,23). The van der Waals surface area contributed by atoms with Gasteiger partial charge in [0.15, 0.2) is 0 Å². The molecule has 7 heteroatoms. The van der Waals surface area contributed by atoms with E-state index in [1.54, 1.807) is 25.3 Å². The fraction of sp³-hybridized carbons (Fsp3) is 0.167. The van der Waals surface area contributed by atoms with Crippen LogP contribution in [0.2, 0.25) is 0 Å². The molecule has 128 valence electrons. The van der Waals surface area contributed by atoms with Crippen molar-refractivity contribution in [2.45, 2.75) is 19.5 Å². The summed E-state index contributed by atoms with van der Waals surface area (Å²) >= 11 is 1.34. The summed E-state index contributed by atoms with van der Waals surface area (Å²) in [5.41, 5.74) is 1.77. The van der Waals surface area contributed by atoms with E-state index < -0.39 is 6.04 Å². The second-order valence-electron chi connectivity index (χ2n) is 5.56. The van der Waals surface area contributed by atoms with Crippen LogP contribution < -0.4 is 10.6 Å². The molecule has 25 heavy (non-hydrogen) atoms. The Balaban J connectivity index is 1.54. The van der Waals surface area contributed by atoms with Crippen molar-refractivity contribution in [2.24, 2.45) is 0 Å². The average Bonchev–Trinajstić information content (AvgIpc) is 3.30. The van der Waals surface area contributed by atoms with E-state index in [4.69, 9.17) is 0 Å². The SMILES string of the molecule is CC(NC(=O)c1cccs1)C(=O)Nc1ccc(Cn2cccn2)cc1. The molecule has 0 fully saturated rings. The van der Waals surface area contributed by atoms with Crippen molar-refractivity contribution in [1.82, 2.24) is 15.1 Å². The summed E-state index contributed by atoms with van der Waals surface area (Å²) < 4.78 is 1.83. The smallest absolute Gasteiger partial charge is 0.261 e. The third kappa shape index (κ3) is 4.54. The molecule has 0 saturated carbocycles. The molecule has 2 amide bonds. The minimum atomic E-state index is -0.627. The Morgan fingerprint density at radius 3 is 2.64 bits per heavy atom. The van der Waals surface area contributed by atoms with Crippen LogP contribution in [-0.4, -0.2) is 27.6 Å². The van der Waals surface area contributed by atoms with Crippen molar-refractivity contribution in [1.29, 1.82) is 0 Å². The number of carbonyl (C=O) groups excluding carboxylic acids is 2. The molecule has 3 aromatic rings. The third-order valence-corrected chi connectivity index (χ3v) is 4.48. The molecular weight excluding hydrogens is 336 g/mol. The topological polar surface area (TPSA) is 76.0 Å². The van der Waals surface area contributed by atoms with Crippen molar-refractivity contribution in [3.63, 3.8) is 0 Å². The second-order valence-corrected chi connectivity index (χ2v) is 6.51. The molecule has 0 aliphatic carbocycles. The zero-order valence-electron chi connectivity index (χ0n) is 13.7. The Bertz CT molecular complexity index is 827. The van der Waals surface area contributed by atoms with Crippen LogP contribution in [0.5, 0.6) is 0 Å². The highest BCUT2D eigenvalue weighted by Crippen LogP contribution is 2.12. The van der Waals surface area contributed by atoms with E-state index in [0.717, 1.165) is 5.56 Å². The summed E-state index contributed by atoms with van der Waals surface area (Å²) in [7, 11) is 0. The number of hydrogen-bond donors (Lipinski definition) is 2. The quantitative estimate of drug-likeness (QED) is 0.715. The Morgan fingerprint density at radius 2 is 2.00 bits per heavy atom. The first kappa shape index (κ1) is 16.9. The van der Waals surface area contributed by atoms with Crippen LogP contribution in [-0.2, 0) is 11.3 Å². The van der Waals surface area contributed by atoms with Crippen molar-refractivity contribution < 1.29 is 9.59 Å². The number of hydrogen-bond acceptors (Lipinski definition) is 4. The van der Waals surface area contributed by atoms with Crippen molar-refractivity contribution in [2.75, 3.05) is 5.32 Å². The molecule has 0 saturated heterocycles. The van der Waals surface area contributed by atoms with Gasteiger partial charge in [0.05, 0.1) is 11.4 Å². The van der Waals surface area contributed by atoms with Crippen LogP contribution in [0.4, 0.5) is 5.69 Å². The van der Waals surface area contributed by atoms with Gasteiger partial charge in [0.2, 0.25) is 5.91 Å². The van der Waals surface area contributed by atoms with Crippen LogP contribution in [0.25, 0.3) is 0 Å². The van der Waals surface area contributed by atoms with Gasteiger partial charge in [-0.05, 0) is 42.1 Å². The van der Waals surface area contributed by atoms with Gasteiger partial charge in [-0.25, -0.2) is 0 Å². The molecule has 0 spiro atoms. The molecule has 1 atom stereocenters. The van der Waals surface area contributed by atoms with E-state index in [9.17, 15) is 9.59 Å². The second kappa shape index (κ2) is 7.76. The van der Waals surface area contributed by atoms with Crippen LogP contribution >= 0.6 is 11.3 Å². The number of nitrogens with one attached hydrogen (secondary N) is 2. The molecular formula is C18H18N4O2S. The fourth-order valence-corrected chi connectivity index (χ4v) is 2.89. The van der Waals surface area contributed by atoms with Gasteiger partial charge in [-0.3, -0.25) is 14.3 Å². The number of aromatic nitrogens is 2. The minimum Gasteiger partial charge on any atom is -0.340 e. The Kier molecular flexibility index (Phi) is 5.25. The van der Waals surface area contributed by atoms with E-state index in [1.807, 2.05) is 46.6 Å². The average molecular weight is 354 g/mol. The predicted octanol–water partition coefficient (Wildman–Crippen LogP) is 2.75. The summed E-state index contributed by atoms with van der Waals surface area (Å²) in [6.45, 7) is 2.33. The number of amides is 2. The lowest BCUT2D eigenvalue weighted by Gasteiger charge is -2.14. The van der Waals surface area contributed by atoms with Crippen molar-refractivity contribution in [3.05, 3.63) is 70.7 Å². The van der Waals surface area contributed by atoms with Gasteiger partial charge in [-0.2, -0.15) is 5.10 Å². The van der Waals surface area contributed by atoms with Crippen LogP contribution in [0.3, 0.4) is 0 Å². The molecule has 2 N–H and O–H groups in total. The first-order valence-corrected chi connectivity index (χ1v) is 8.71. The van der Waals surface area contributed by atoms with Gasteiger partial charge in [-0.15, -0.1) is 11.3 Å². The Hall–Kier alpha value is -2.93. The monoisotopic (exact) mass is 354 g/mol. The lowest BCUT2D eigenvalue weighted by atomic mass is 10.2. The van der Waals surface area contributed by atoms with E-state index in [1.165, 1.54) is 11.3 Å². The highest BCUT2D eigenvalue weighted by atomic mass is 32.1. The molecule has 3 rings (SSSR count). The first-order valence-electron chi connectivity index (χ1n) is 7.83. The highest BCUT2D eigenvalue weighted by Gasteiger charge is 2.17. The van der Waals surface area contributed by atoms with Gasteiger partial charge >= 0.3 is 0 Å². The molecule has 0 aliphatic rings. The lowest BCUT2D eigenvalue weighted by molar-refractivity contribution is -0.117. The van der Waals surface area contributed by atoms with Crippen molar-refractivity contribution in [3.8, 4) is 0 Å². The molecule has 2 aromatic heterocycles. The zero-order valence-corrected chi connectivity index (χ0v) is 14.5. The van der Waals surface area contributed by atoms with Gasteiger partial charge in [0.25, 0.3) is 5.91 Å². The van der Waals surface area contributed by atoms with Gasteiger partial charge in [-0.1, -0.05) is 18.2 Å². The molecule has 0 bridgehead atoms. The van der Waals surface area contributed by atoms with Gasteiger partial charge in [0.1, 0.15) is 6.04 Å². The molecule has 0 aliphatic heterocycles. The first-order chi connectivity index (χ1) is 12.1. The summed E-state index contributed by atoms with van der Waals surface area (Å²) in [5, 5.41) is 11.5. The minimum absolute atomic E-state index is 0.243. The zero-order chi connectivity index (χ0) is 17.6. The van der Waals surface area contributed by atoms with Crippen molar-refractivity contribution >= 4 is 28.8 Å². The largest absolute Gasteiger partial charge is 0.340 e. The van der Waals surface area contributed by atoms with E-state index in [0.29, 0.717) is 17.1 Å². The van der Waals surface area contributed by atoms with Gasteiger partial charge in [0, 0.05) is 18.1 Å². The molecule has 0 radical (unpaired) electrons. The summed E-state index contributed by atoms with van der Waals surface area (Å²) in [5.74, 6) is -0.503. The van der Waals surface area contributed by atoms with Crippen LogP contribution in [0.1, 0.15) is 22.2 Å². The van der Waals surface area contributed by atoms with E-state index >= 15 is 0 Å². The number of anilines is 1. The fourth-order valence-electron chi connectivity index (χ4n) is 2.27. The lowest BCUT2D eigenvalue weighted by Crippen LogP contribution is -2.41. The summed E-state index contributed by atoms with van der Waals surface area (Å²) in [4.78, 5) is 24.8. The maximum atomic E-state index is 12.2. The number of benzene rings is 1. The number of rotatable bonds is 6.